The molecule has 0 spiro atoms. The third-order valence-electron chi connectivity index (χ3n) is 1.58. The Balaban J connectivity index is 3.09. The van der Waals surface area contributed by atoms with Crippen LogP contribution in [0.25, 0.3) is 0 Å². The summed E-state index contributed by atoms with van der Waals surface area (Å²) in [5, 5.41) is 0. The van der Waals surface area contributed by atoms with Crippen LogP contribution < -0.4 is 0 Å². The molecule has 1 heterocycles. The van der Waals surface area contributed by atoms with Crippen molar-refractivity contribution in [1.29, 1.82) is 0 Å². The van der Waals surface area contributed by atoms with E-state index in [-0.39, 0.29) is 5.78 Å². The quantitative estimate of drug-likeness (QED) is 0.666. The zero-order chi connectivity index (χ0) is 10.2. The molecule has 0 N–H and O–H groups in total. The number of halogens is 2. The molecule has 1 aromatic rings. The Hall–Kier alpha value is -0.0500. The monoisotopic (exact) mass is 236 g/mol. The molecule has 0 saturated heterocycles. The summed E-state index contributed by atoms with van der Waals surface area (Å²) in [7, 11) is 0. The second kappa shape index (κ2) is 3.60. The molecule has 0 fully saturated rings. The van der Waals surface area contributed by atoms with Gasteiger partial charge in [-0.1, -0.05) is 44.0 Å². The van der Waals surface area contributed by atoms with E-state index in [1.165, 1.54) is 11.3 Å². The summed E-state index contributed by atoms with van der Waals surface area (Å²) in [6.45, 7) is 5.58. The molecule has 0 unspecified atom stereocenters. The van der Waals surface area contributed by atoms with Crippen LogP contribution in [0.15, 0.2) is 6.07 Å². The Labute approximate surface area is 91.7 Å². The summed E-state index contributed by atoms with van der Waals surface area (Å²) < 4.78 is 1.03. The molecule has 0 radical (unpaired) electrons. The first-order chi connectivity index (χ1) is 5.82. The van der Waals surface area contributed by atoms with Crippen LogP contribution in [0, 0.1) is 5.41 Å². The fraction of sp³-hybridized carbons (Fsp3) is 0.444. The third-order valence-corrected chi connectivity index (χ3v) is 3.07. The van der Waals surface area contributed by atoms with Gasteiger partial charge in [-0.05, 0) is 6.07 Å². The van der Waals surface area contributed by atoms with Crippen LogP contribution in [0.5, 0.6) is 0 Å². The summed E-state index contributed by atoms with van der Waals surface area (Å²) in [6.07, 6.45) is 0. The second-order valence-electron chi connectivity index (χ2n) is 3.82. The lowest BCUT2D eigenvalue weighted by Gasteiger charge is -2.15. The van der Waals surface area contributed by atoms with Crippen LogP contribution in [0.3, 0.4) is 0 Å². The van der Waals surface area contributed by atoms with Gasteiger partial charge in [0.15, 0.2) is 5.78 Å². The standard InChI is InChI=1S/C9H10Cl2OS/c1-9(2,3)7(12)5-4-6(10)13-8(5)11/h4H,1-3H3. The highest BCUT2D eigenvalue weighted by atomic mass is 35.5. The van der Waals surface area contributed by atoms with E-state index in [0.717, 1.165) is 0 Å². The zero-order valence-electron chi connectivity index (χ0n) is 7.65. The van der Waals surface area contributed by atoms with Crippen molar-refractivity contribution in [2.24, 2.45) is 5.41 Å². The van der Waals surface area contributed by atoms with Gasteiger partial charge in [0.1, 0.15) is 4.34 Å². The molecule has 1 aromatic heterocycles. The Morgan fingerprint density at radius 3 is 2.23 bits per heavy atom. The molecule has 0 aliphatic carbocycles. The highest BCUT2D eigenvalue weighted by molar-refractivity contribution is 7.20. The summed E-state index contributed by atoms with van der Waals surface area (Å²) in [5.41, 5.74) is 0.123. The van der Waals surface area contributed by atoms with E-state index >= 15 is 0 Å². The highest BCUT2D eigenvalue weighted by Crippen LogP contribution is 2.34. The van der Waals surface area contributed by atoms with Gasteiger partial charge in [-0.2, -0.15) is 0 Å². The van der Waals surface area contributed by atoms with Crippen molar-refractivity contribution in [3.8, 4) is 0 Å². The lowest BCUT2D eigenvalue weighted by molar-refractivity contribution is 0.0859. The van der Waals surface area contributed by atoms with Crippen molar-refractivity contribution in [2.45, 2.75) is 20.8 Å². The molecule has 0 amide bonds. The number of hydrogen-bond donors (Lipinski definition) is 0. The largest absolute Gasteiger partial charge is 0.294 e. The van der Waals surface area contributed by atoms with Crippen LogP contribution in [-0.4, -0.2) is 5.78 Å². The summed E-state index contributed by atoms with van der Waals surface area (Å²) in [5.74, 6) is 0.0284. The molecule has 0 bridgehead atoms. The van der Waals surface area contributed by atoms with E-state index in [2.05, 4.69) is 0 Å². The van der Waals surface area contributed by atoms with Gasteiger partial charge >= 0.3 is 0 Å². The van der Waals surface area contributed by atoms with Crippen molar-refractivity contribution in [3.05, 3.63) is 20.3 Å². The van der Waals surface area contributed by atoms with Crippen molar-refractivity contribution in [3.63, 3.8) is 0 Å². The maximum absolute atomic E-state index is 11.8. The van der Waals surface area contributed by atoms with Crippen molar-refractivity contribution >= 4 is 40.3 Å². The van der Waals surface area contributed by atoms with Crippen LogP contribution in [0.4, 0.5) is 0 Å². The first-order valence-corrected chi connectivity index (χ1v) is 5.39. The van der Waals surface area contributed by atoms with Gasteiger partial charge in [-0.15, -0.1) is 11.3 Å². The number of Topliss-reactive ketones (excluding diaryl/α,β-unsaturated/α-hetero) is 1. The Morgan fingerprint density at radius 2 is 1.92 bits per heavy atom. The molecule has 0 atom stereocenters. The number of carbonyl (C=O) groups is 1. The lowest BCUT2D eigenvalue weighted by atomic mass is 9.88. The van der Waals surface area contributed by atoms with Gasteiger partial charge in [0.25, 0.3) is 0 Å². The topological polar surface area (TPSA) is 17.1 Å². The predicted octanol–water partition coefficient (Wildman–Crippen LogP) is 4.28. The summed E-state index contributed by atoms with van der Waals surface area (Å²) in [4.78, 5) is 11.8. The average molecular weight is 237 g/mol. The minimum Gasteiger partial charge on any atom is -0.294 e. The third kappa shape index (κ3) is 2.46. The molecule has 1 nitrogen and oxygen atoms in total. The van der Waals surface area contributed by atoms with Crippen molar-refractivity contribution in [2.75, 3.05) is 0 Å². The van der Waals surface area contributed by atoms with E-state index in [0.29, 0.717) is 14.2 Å². The smallest absolute Gasteiger partial charge is 0.170 e. The summed E-state index contributed by atoms with van der Waals surface area (Å²) >= 11 is 12.8. The van der Waals surface area contributed by atoms with E-state index in [4.69, 9.17) is 23.2 Å². The Morgan fingerprint density at radius 1 is 1.38 bits per heavy atom. The lowest BCUT2D eigenvalue weighted by Crippen LogP contribution is -2.19. The molecular formula is C9H10Cl2OS. The first-order valence-electron chi connectivity index (χ1n) is 3.82. The molecule has 0 aromatic carbocycles. The fourth-order valence-electron chi connectivity index (χ4n) is 0.899. The van der Waals surface area contributed by atoms with Crippen LogP contribution in [-0.2, 0) is 0 Å². The van der Waals surface area contributed by atoms with Gasteiger partial charge < -0.3 is 0 Å². The van der Waals surface area contributed by atoms with Crippen LogP contribution >= 0.6 is 34.5 Å². The molecule has 0 saturated carbocycles. The minimum absolute atomic E-state index is 0.0284. The van der Waals surface area contributed by atoms with Crippen molar-refractivity contribution < 1.29 is 4.79 Å². The van der Waals surface area contributed by atoms with Gasteiger partial charge in [-0.25, -0.2) is 0 Å². The molecular weight excluding hydrogens is 227 g/mol. The van der Waals surface area contributed by atoms with E-state index in [1.54, 1.807) is 6.07 Å². The van der Waals surface area contributed by atoms with Gasteiger partial charge in [0, 0.05) is 11.0 Å². The highest BCUT2D eigenvalue weighted by Gasteiger charge is 2.26. The van der Waals surface area contributed by atoms with Gasteiger partial charge in [0.05, 0.1) is 4.34 Å². The normalized spacial score (nSPS) is 11.8. The Bertz CT molecular complexity index is 336. The average Bonchev–Trinajstić information content (AvgIpc) is 2.26. The fourth-order valence-corrected chi connectivity index (χ4v) is 2.36. The SMILES string of the molecule is CC(C)(C)C(=O)c1cc(Cl)sc1Cl. The maximum atomic E-state index is 11.8. The predicted molar refractivity (Wildman–Crippen MR) is 58.1 cm³/mol. The van der Waals surface area contributed by atoms with E-state index < -0.39 is 5.41 Å². The number of ketones is 1. The van der Waals surface area contributed by atoms with E-state index in [9.17, 15) is 4.79 Å². The molecule has 0 aliphatic heterocycles. The number of hydrogen-bond acceptors (Lipinski definition) is 2. The molecule has 72 valence electrons. The molecule has 13 heavy (non-hydrogen) atoms. The van der Waals surface area contributed by atoms with Gasteiger partial charge in [0.2, 0.25) is 0 Å². The molecule has 0 aliphatic rings. The van der Waals surface area contributed by atoms with E-state index in [1.807, 2.05) is 20.8 Å². The second-order valence-corrected chi connectivity index (χ2v) is 6.10. The molecule has 1 rings (SSSR count). The number of rotatable bonds is 1. The first kappa shape index (κ1) is 11.0. The zero-order valence-corrected chi connectivity index (χ0v) is 9.98. The Kier molecular flexibility index (Phi) is 3.05. The van der Waals surface area contributed by atoms with Crippen molar-refractivity contribution in [1.82, 2.24) is 0 Å². The minimum atomic E-state index is -0.409. The van der Waals surface area contributed by atoms with Crippen LogP contribution in [0.2, 0.25) is 8.67 Å². The summed E-state index contributed by atoms with van der Waals surface area (Å²) in [6, 6.07) is 1.63. The van der Waals surface area contributed by atoms with Gasteiger partial charge in [-0.3, -0.25) is 4.79 Å². The number of thiophene rings is 1. The molecule has 4 heteroatoms. The van der Waals surface area contributed by atoms with Crippen LogP contribution in [0.1, 0.15) is 31.1 Å². The maximum Gasteiger partial charge on any atom is 0.170 e. The number of carbonyl (C=O) groups excluding carboxylic acids is 1.